The van der Waals surface area contributed by atoms with Crippen LogP contribution in [-0.2, 0) is 18.7 Å². The minimum absolute atomic E-state index is 0.170. The summed E-state index contributed by atoms with van der Waals surface area (Å²) in [4.78, 5) is 29.7. The molecule has 0 saturated heterocycles. The van der Waals surface area contributed by atoms with Gasteiger partial charge in [0.25, 0.3) is 5.56 Å². The molecule has 0 unspecified atom stereocenters. The number of fused-ring (bicyclic) bond motifs is 2. The second-order valence-corrected chi connectivity index (χ2v) is 8.27. The highest BCUT2D eigenvalue weighted by Crippen LogP contribution is 2.24. The second-order valence-electron chi connectivity index (χ2n) is 7.33. The molecule has 0 atom stereocenters. The van der Waals surface area contributed by atoms with Crippen LogP contribution in [-0.4, -0.2) is 31.6 Å². The predicted octanol–water partition coefficient (Wildman–Crippen LogP) is 4.21. The average molecular weight is 444 g/mol. The van der Waals surface area contributed by atoms with Crippen molar-refractivity contribution in [2.24, 2.45) is 0 Å². The van der Waals surface area contributed by atoms with Gasteiger partial charge in [-0.25, -0.2) is 15.0 Å². The van der Waals surface area contributed by atoms with Crippen LogP contribution >= 0.6 is 11.8 Å². The molecule has 5 aromatic rings. The van der Waals surface area contributed by atoms with Crippen molar-refractivity contribution >= 4 is 33.8 Å². The molecule has 160 valence electrons. The van der Waals surface area contributed by atoms with Gasteiger partial charge in [0.05, 0.1) is 7.11 Å². The van der Waals surface area contributed by atoms with Gasteiger partial charge in [0.15, 0.2) is 16.3 Å². The molecule has 0 aliphatic rings. The Balaban J connectivity index is 1.48. The number of thioether (sulfide) groups is 1. The molecule has 0 spiro atoms. The molecule has 0 aliphatic carbocycles. The maximum Gasteiger partial charge on any atom is 0.282 e. The summed E-state index contributed by atoms with van der Waals surface area (Å²) in [6, 6.07) is 16.1. The largest absolute Gasteiger partial charge is 0.497 e. The van der Waals surface area contributed by atoms with E-state index in [-0.39, 0.29) is 11.1 Å². The van der Waals surface area contributed by atoms with E-state index in [0.29, 0.717) is 29.5 Å². The number of nitrogens with one attached hydrogen (secondary N) is 1. The topological polar surface area (TPSA) is 85.7 Å². The first-order valence-electron chi connectivity index (χ1n) is 10.3. The number of aromatic nitrogens is 5. The van der Waals surface area contributed by atoms with Crippen molar-refractivity contribution in [3.8, 4) is 5.75 Å². The van der Waals surface area contributed by atoms with Gasteiger partial charge in [0, 0.05) is 41.8 Å². The summed E-state index contributed by atoms with van der Waals surface area (Å²) < 4.78 is 7.03. The van der Waals surface area contributed by atoms with Crippen LogP contribution in [0.2, 0.25) is 0 Å². The third-order valence-electron chi connectivity index (χ3n) is 5.34. The maximum absolute atomic E-state index is 13.3. The number of aromatic amines is 1. The van der Waals surface area contributed by atoms with Crippen LogP contribution in [0.3, 0.4) is 0 Å². The van der Waals surface area contributed by atoms with Crippen LogP contribution in [0, 0.1) is 0 Å². The molecule has 2 aromatic carbocycles. The Morgan fingerprint density at radius 1 is 1.09 bits per heavy atom. The Morgan fingerprint density at radius 3 is 2.88 bits per heavy atom. The number of aryl methyl sites for hydroxylation is 1. The highest BCUT2D eigenvalue weighted by molar-refractivity contribution is 7.98. The Kier molecular flexibility index (Phi) is 5.60. The van der Waals surface area contributed by atoms with Crippen molar-refractivity contribution in [1.29, 1.82) is 0 Å². The van der Waals surface area contributed by atoms with Gasteiger partial charge < -0.3 is 9.72 Å². The first-order valence-corrected chi connectivity index (χ1v) is 11.2. The second kappa shape index (κ2) is 8.84. The first kappa shape index (κ1) is 20.3. The fourth-order valence-corrected chi connectivity index (χ4v) is 4.67. The van der Waals surface area contributed by atoms with Gasteiger partial charge in [-0.2, -0.15) is 0 Å². The molecule has 3 heterocycles. The van der Waals surface area contributed by atoms with E-state index in [2.05, 4.69) is 26.0 Å². The van der Waals surface area contributed by atoms with Crippen molar-refractivity contribution in [1.82, 2.24) is 24.5 Å². The summed E-state index contributed by atoms with van der Waals surface area (Å²) in [5.41, 5.74) is 3.83. The number of benzene rings is 2. The van der Waals surface area contributed by atoms with E-state index in [1.54, 1.807) is 17.9 Å². The summed E-state index contributed by atoms with van der Waals surface area (Å²) >= 11 is 1.51. The van der Waals surface area contributed by atoms with Gasteiger partial charge in [0.2, 0.25) is 0 Å². The van der Waals surface area contributed by atoms with Gasteiger partial charge >= 0.3 is 0 Å². The van der Waals surface area contributed by atoms with E-state index in [1.807, 2.05) is 48.7 Å². The fourth-order valence-electron chi connectivity index (χ4n) is 3.72. The lowest BCUT2D eigenvalue weighted by molar-refractivity contribution is 0.414. The summed E-state index contributed by atoms with van der Waals surface area (Å²) in [6.45, 7) is 0.501. The number of para-hydroxylation sites is 1. The third-order valence-corrected chi connectivity index (χ3v) is 6.39. The lowest BCUT2D eigenvalue weighted by atomic mass is 10.1. The summed E-state index contributed by atoms with van der Waals surface area (Å²) in [6.07, 6.45) is 5.79. The highest BCUT2D eigenvalue weighted by Gasteiger charge is 2.14. The molecule has 0 amide bonds. The Bertz CT molecular complexity index is 1460. The van der Waals surface area contributed by atoms with Gasteiger partial charge in [-0.1, -0.05) is 42.1 Å². The molecule has 0 radical (unpaired) electrons. The molecule has 3 aromatic heterocycles. The van der Waals surface area contributed by atoms with Gasteiger partial charge in [-0.3, -0.25) is 9.36 Å². The normalized spacial score (nSPS) is 11.3. The number of H-pyrrole nitrogens is 1. The Hall–Kier alpha value is -3.65. The zero-order valence-electron chi connectivity index (χ0n) is 17.5. The lowest BCUT2D eigenvalue weighted by Gasteiger charge is -2.12. The first-order chi connectivity index (χ1) is 15.7. The molecule has 0 aliphatic heterocycles. The standard InChI is InChI=1S/C24H21N5O2S/c1-31-18-6-4-5-16(13-18)15-32-24-28-22-21(25-10-11-26-22)23(30)29(24)12-9-17-14-27-20-8-3-2-7-19(17)20/h2-8,10-11,13-14,27H,9,12,15H2,1H3. The Labute approximate surface area is 188 Å². The van der Waals surface area contributed by atoms with Crippen LogP contribution in [0.5, 0.6) is 5.75 Å². The number of hydrogen-bond donors (Lipinski definition) is 1. The van der Waals surface area contributed by atoms with Crippen LogP contribution < -0.4 is 10.3 Å². The molecule has 32 heavy (non-hydrogen) atoms. The van der Waals surface area contributed by atoms with Crippen LogP contribution in [0.4, 0.5) is 0 Å². The van der Waals surface area contributed by atoms with Crippen molar-refractivity contribution in [2.75, 3.05) is 7.11 Å². The van der Waals surface area contributed by atoms with Crippen LogP contribution in [0.15, 0.2) is 77.1 Å². The molecule has 0 bridgehead atoms. The monoisotopic (exact) mass is 443 g/mol. The van der Waals surface area contributed by atoms with E-state index in [0.717, 1.165) is 22.4 Å². The minimum Gasteiger partial charge on any atom is -0.497 e. The molecule has 1 N–H and O–H groups in total. The predicted molar refractivity (Wildman–Crippen MR) is 126 cm³/mol. The van der Waals surface area contributed by atoms with E-state index in [1.165, 1.54) is 23.3 Å². The smallest absolute Gasteiger partial charge is 0.282 e. The summed E-state index contributed by atoms with van der Waals surface area (Å²) in [7, 11) is 1.65. The molecule has 8 heteroatoms. The molecule has 0 saturated carbocycles. The highest BCUT2D eigenvalue weighted by atomic mass is 32.2. The van der Waals surface area contributed by atoms with Crippen molar-refractivity contribution < 1.29 is 4.74 Å². The summed E-state index contributed by atoms with van der Waals surface area (Å²) in [5.74, 6) is 1.46. The molecular weight excluding hydrogens is 422 g/mol. The van der Waals surface area contributed by atoms with Gasteiger partial charge in [-0.15, -0.1) is 0 Å². The van der Waals surface area contributed by atoms with Crippen LogP contribution in [0.25, 0.3) is 22.1 Å². The van der Waals surface area contributed by atoms with Crippen LogP contribution in [0.1, 0.15) is 11.1 Å². The van der Waals surface area contributed by atoms with E-state index >= 15 is 0 Å². The number of rotatable bonds is 7. The lowest BCUT2D eigenvalue weighted by Crippen LogP contribution is -2.25. The molecule has 7 nitrogen and oxygen atoms in total. The maximum atomic E-state index is 13.3. The summed E-state index contributed by atoms with van der Waals surface area (Å²) in [5, 5.41) is 1.80. The van der Waals surface area contributed by atoms with E-state index < -0.39 is 0 Å². The number of methoxy groups -OCH3 is 1. The zero-order chi connectivity index (χ0) is 21.9. The number of nitrogens with zero attached hydrogens (tertiary/aromatic N) is 4. The van der Waals surface area contributed by atoms with E-state index in [4.69, 9.17) is 4.74 Å². The van der Waals surface area contributed by atoms with Crippen molar-refractivity contribution in [3.05, 3.63) is 88.6 Å². The van der Waals surface area contributed by atoms with Crippen molar-refractivity contribution in [2.45, 2.75) is 23.9 Å². The molecule has 5 rings (SSSR count). The average Bonchev–Trinajstić information content (AvgIpc) is 3.25. The molecule has 0 fully saturated rings. The third kappa shape index (κ3) is 3.97. The van der Waals surface area contributed by atoms with Crippen molar-refractivity contribution in [3.63, 3.8) is 0 Å². The Morgan fingerprint density at radius 2 is 1.97 bits per heavy atom. The van der Waals surface area contributed by atoms with Gasteiger partial charge in [0.1, 0.15) is 5.75 Å². The quantitative estimate of drug-likeness (QED) is 0.300. The molecular formula is C24H21N5O2S. The minimum atomic E-state index is -0.170. The SMILES string of the molecule is COc1cccc(CSc2nc3nccnc3c(=O)n2CCc2c[nH]c3ccccc23)c1. The zero-order valence-corrected chi connectivity index (χ0v) is 18.3. The van der Waals surface area contributed by atoms with Gasteiger partial charge in [-0.05, 0) is 35.7 Å². The number of hydrogen-bond acceptors (Lipinski definition) is 6. The fraction of sp³-hybridized carbons (Fsp3) is 0.167. The number of ether oxygens (including phenoxy) is 1. The van der Waals surface area contributed by atoms with E-state index in [9.17, 15) is 4.79 Å².